The highest BCUT2D eigenvalue weighted by Gasteiger charge is 2.11. The highest BCUT2D eigenvalue weighted by Crippen LogP contribution is 2.04. The van der Waals surface area contributed by atoms with Gasteiger partial charge in [-0.2, -0.15) is 0 Å². The summed E-state index contributed by atoms with van der Waals surface area (Å²) < 4.78 is 9.23. The predicted octanol–water partition coefficient (Wildman–Crippen LogP) is -0.0376. The van der Waals surface area contributed by atoms with Crippen molar-refractivity contribution in [3.05, 3.63) is 17.5 Å². The van der Waals surface area contributed by atoms with E-state index in [9.17, 15) is 4.79 Å². The third-order valence-corrected chi connectivity index (χ3v) is 1.34. The third kappa shape index (κ3) is 1.82. The van der Waals surface area contributed by atoms with Crippen molar-refractivity contribution in [1.82, 2.24) is 5.16 Å². The van der Waals surface area contributed by atoms with Crippen LogP contribution in [0.1, 0.15) is 16.2 Å². The summed E-state index contributed by atoms with van der Waals surface area (Å²) in [5.41, 5.74) is 5.46. The maximum Gasteiger partial charge on any atom is 0.360 e. The lowest BCUT2D eigenvalue weighted by atomic mass is 10.3. The fourth-order valence-electron chi connectivity index (χ4n) is 0.774. The molecule has 12 heavy (non-hydrogen) atoms. The zero-order valence-corrected chi connectivity index (χ0v) is 6.74. The average molecular weight is 170 g/mol. The first kappa shape index (κ1) is 8.73. The van der Waals surface area contributed by atoms with Crippen molar-refractivity contribution in [2.75, 3.05) is 13.7 Å². The van der Waals surface area contributed by atoms with Gasteiger partial charge < -0.3 is 15.0 Å². The maximum atomic E-state index is 10.9. The Kier molecular flexibility index (Phi) is 2.82. The summed E-state index contributed by atoms with van der Waals surface area (Å²) in [6, 6.07) is 1.53. The van der Waals surface area contributed by atoms with E-state index >= 15 is 0 Å². The molecule has 0 aliphatic heterocycles. The molecule has 1 aromatic heterocycles. The second-order valence-corrected chi connectivity index (χ2v) is 2.21. The minimum absolute atomic E-state index is 0.181. The Morgan fingerprint density at radius 1 is 1.83 bits per heavy atom. The van der Waals surface area contributed by atoms with E-state index < -0.39 is 5.97 Å². The molecule has 1 heterocycles. The topological polar surface area (TPSA) is 78.4 Å². The number of nitrogens with zero attached hydrogens (tertiary/aromatic N) is 1. The zero-order chi connectivity index (χ0) is 8.97. The van der Waals surface area contributed by atoms with Crippen LogP contribution in [0.3, 0.4) is 0 Å². The van der Waals surface area contributed by atoms with Gasteiger partial charge in [-0.1, -0.05) is 5.16 Å². The monoisotopic (exact) mass is 170 g/mol. The summed E-state index contributed by atoms with van der Waals surface area (Å²) in [6.45, 7) is 0.468. The van der Waals surface area contributed by atoms with Crippen LogP contribution < -0.4 is 5.73 Å². The van der Waals surface area contributed by atoms with Crippen LogP contribution in [0.5, 0.6) is 0 Å². The van der Waals surface area contributed by atoms with Gasteiger partial charge in [0, 0.05) is 12.5 Å². The molecule has 5 nitrogen and oxygen atoms in total. The summed E-state index contributed by atoms with van der Waals surface area (Å²) in [5.74, 6) is 0.0971. The smallest absolute Gasteiger partial charge is 0.360 e. The van der Waals surface area contributed by atoms with Crippen LogP contribution >= 0.6 is 0 Å². The quantitative estimate of drug-likeness (QED) is 0.644. The molecule has 0 aliphatic rings. The number of rotatable bonds is 3. The van der Waals surface area contributed by atoms with Gasteiger partial charge in [0.2, 0.25) is 0 Å². The Balaban J connectivity index is 2.70. The van der Waals surface area contributed by atoms with Crippen LogP contribution in [0.2, 0.25) is 0 Å². The van der Waals surface area contributed by atoms with E-state index in [0.717, 1.165) is 0 Å². The number of nitrogens with two attached hydrogens (primary N) is 1. The number of esters is 1. The zero-order valence-electron chi connectivity index (χ0n) is 6.74. The molecule has 0 spiro atoms. The lowest BCUT2D eigenvalue weighted by Crippen LogP contribution is -2.02. The minimum Gasteiger partial charge on any atom is -0.464 e. The third-order valence-electron chi connectivity index (χ3n) is 1.34. The molecule has 1 rings (SSSR count). The predicted molar refractivity (Wildman–Crippen MR) is 40.6 cm³/mol. The first-order chi connectivity index (χ1) is 5.77. The number of carbonyl (C=O) groups excluding carboxylic acids is 1. The summed E-state index contributed by atoms with van der Waals surface area (Å²) >= 11 is 0. The molecule has 0 aliphatic carbocycles. The number of ether oxygens (including phenoxy) is 1. The lowest BCUT2D eigenvalue weighted by Gasteiger charge is -1.88. The Morgan fingerprint density at radius 3 is 3.17 bits per heavy atom. The molecular formula is C7H10N2O3. The van der Waals surface area contributed by atoms with E-state index in [4.69, 9.17) is 10.3 Å². The van der Waals surface area contributed by atoms with Gasteiger partial charge in [0.1, 0.15) is 5.76 Å². The normalized spacial score (nSPS) is 9.83. The second kappa shape index (κ2) is 3.87. The highest BCUT2D eigenvalue weighted by molar-refractivity contribution is 5.86. The molecule has 5 heteroatoms. The summed E-state index contributed by atoms with van der Waals surface area (Å²) in [7, 11) is 1.29. The number of hydrogen-bond acceptors (Lipinski definition) is 5. The van der Waals surface area contributed by atoms with Crippen LogP contribution in [0, 0.1) is 0 Å². The number of carbonyl (C=O) groups is 1. The van der Waals surface area contributed by atoms with Gasteiger partial charge in [-0.15, -0.1) is 0 Å². The van der Waals surface area contributed by atoms with Gasteiger partial charge in [0.05, 0.1) is 7.11 Å². The number of hydrogen-bond donors (Lipinski definition) is 1. The first-order valence-electron chi connectivity index (χ1n) is 3.52. The molecular weight excluding hydrogens is 160 g/mol. The molecule has 0 saturated heterocycles. The first-order valence-corrected chi connectivity index (χ1v) is 3.52. The van der Waals surface area contributed by atoms with Crippen LogP contribution in [0.15, 0.2) is 10.6 Å². The van der Waals surface area contributed by atoms with Crippen molar-refractivity contribution >= 4 is 5.97 Å². The van der Waals surface area contributed by atoms with E-state index in [2.05, 4.69) is 9.89 Å². The van der Waals surface area contributed by atoms with E-state index in [1.165, 1.54) is 13.2 Å². The molecule has 0 radical (unpaired) electrons. The van der Waals surface area contributed by atoms with E-state index in [0.29, 0.717) is 18.7 Å². The minimum atomic E-state index is -0.498. The van der Waals surface area contributed by atoms with Crippen LogP contribution in [-0.4, -0.2) is 24.8 Å². The molecule has 1 aromatic rings. The van der Waals surface area contributed by atoms with Gasteiger partial charge in [0.15, 0.2) is 5.69 Å². The standard InChI is InChI=1S/C7H10N2O3/c1-11-7(10)6-4-5(2-3-8)12-9-6/h4H,2-3,8H2,1H3. The molecule has 0 saturated carbocycles. The summed E-state index contributed by atoms with van der Waals surface area (Å²) in [4.78, 5) is 10.9. The summed E-state index contributed by atoms with van der Waals surface area (Å²) in [5, 5.41) is 3.50. The van der Waals surface area contributed by atoms with Crippen molar-refractivity contribution in [2.45, 2.75) is 6.42 Å². The van der Waals surface area contributed by atoms with E-state index in [1.54, 1.807) is 0 Å². The van der Waals surface area contributed by atoms with Gasteiger partial charge in [0.25, 0.3) is 0 Å². The molecule has 2 N–H and O–H groups in total. The molecule has 0 bridgehead atoms. The fraction of sp³-hybridized carbons (Fsp3) is 0.429. The van der Waals surface area contributed by atoms with Crippen molar-refractivity contribution in [3.63, 3.8) is 0 Å². The Hall–Kier alpha value is -1.36. The molecule has 0 amide bonds. The Morgan fingerprint density at radius 2 is 2.58 bits per heavy atom. The molecule has 0 aromatic carbocycles. The van der Waals surface area contributed by atoms with Crippen molar-refractivity contribution in [2.24, 2.45) is 5.73 Å². The van der Waals surface area contributed by atoms with Crippen LogP contribution in [-0.2, 0) is 11.2 Å². The van der Waals surface area contributed by atoms with Crippen LogP contribution in [0.25, 0.3) is 0 Å². The van der Waals surface area contributed by atoms with Gasteiger partial charge in [-0.3, -0.25) is 0 Å². The number of aromatic nitrogens is 1. The van der Waals surface area contributed by atoms with E-state index in [-0.39, 0.29) is 5.69 Å². The molecule has 0 atom stereocenters. The van der Waals surface area contributed by atoms with E-state index in [1.807, 2.05) is 0 Å². The SMILES string of the molecule is COC(=O)c1cc(CCN)on1. The fourth-order valence-corrected chi connectivity index (χ4v) is 0.774. The maximum absolute atomic E-state index is 10.9. The largest absolute Gasteiger partial charge is 0.464 e. The Bertz CT molecular complexity index is 269. The summed E-state index contributed by atoms with van der Waals surface area (Å²) in [6.07, 6.45) is 0.573. The van der Waals surface area contributed by atoms with Gasteiger partial charge in [-0.05, 0) is 6.54 Å². The second-order valence-electron chi connectivity index (χ2n) is 2.21. The highest BCUT2D eigenvalue weighted by atomic mass is 16.5. The molecule has 66 valence electrons. The molecule has 0 fully saturated rings. The van der Waals surface area contributed by atoms with Crippen molar-refractivity contribution < 1.29 is 14.1 Å². The average Bonchev–Trinajstić information content (AvgIpc) is 2.52. The van der Waals surface area contributed by atoms with Crippen LogP contribution in [0.4, 0.5) is 0 Å². The van der Waals surface area contributed by atoms with Gasteiger partial charge in [-0.25, -0.2) is 4.79 Å². The van der Waals surface area contributed by atoms with Crippen molar-refractivity contribution in [1.29, 1.82) is 0 Å². The molecule has 0 unspecified atom stereocenters. The number of methoxy groups -OCH3 is 1. The van der Waals surface area contributed by atoms with Gasteiger partial charge >= 0.3 is 5.97 Å². The Labute approximate surface area is 69.5 Å². The van der Waals surface area contributed by atoms with Crippen molar-refractivity contribution in [3.8, 4) is 0 Å². The lowest BCUT2D eigenvalue weighted by molar-refractivity contribution is 0.0589.